The summed E-state index contributed by atoms with van der Waals surface area (Å²) in [4.78, 5) is 17.5. The molecule has 112 valence electrons. The summed E-state index contributed by atoms with van der Waals surface area (Å²) in [6, 6.07) is 2.01. The van der Waals surface area contributed by atoms with E-state index in [9.17, 15) is 13.6 Å². The predicted octanol–water partition coefficient (Wildman–Crippen LogP) is 2.00. The van der Waals surface area contributed by atoms with Crippen molar-refractivity contribution in [3.8, 4) is 0 Å². The Balaban J connectivity index is 2.24. The van der Waals surface area contributed by atoms with E-state index in [0.717, 1.165) is 11.1 Å². The molecule has 6 nitrogen and oxygen atoms in total. The van der Waals surface area contributed by atoms with Crippen molar-refractivity contribution < 1.29 is 13.6 Å². The summed E-state index contributed by atoms with van der Waals surface area (Å²) in [6.07, 6.45) is 3.22. The maximum absolute atomic E-state index is 13.5. The van der Waals surface area contributed by atoms with Crippen molar-refractivity contribution in [1.82, 2.24) is 9.88 Å². The van der Waals surface area contributed by atoms with E-state index < -0.39 is 17.9 Å². The Bertz CT molecular complexity index is 575. The van der Waals surface area contributed by atoms with Crippen LogP contribution in [0, 0.1) is 5.41 Å². The summed E-state index contributed by atoms with van der Waals surface area (Å²) in [5, 5.41) is 10.5. The molecule has 2 heterocycles. The van der Waals surface area contributed by atoms with Gasteiger partial charge in [0, 0.05) is 25.4 Å². The molecule has 1 unspecified atom stereocenters. The summed E-state index contributed by atoms with van der Waals surface area (Å²) in [5.41, 5.74) is 2.91. The largest absolute Gasteiger partial charge is 0.328 e. The zero-order chi connectivity index (χ0) is 15.5. The van der Waals surface area contributed by atoms with Crippen LogP contribution < -0.4 is 5.43 Å². The molecule has 0 aliphatic carbocycles. The monoisotopic (exact) mass is 295 g/mol. The molecule has 0 spiro atoms. The normalized spacial score (nSPS) is 20.7. The fourth-order valence-electron chi connectivity index (χ4n) is 2.12. The van der Waals surface area contributed by atoms with E-state index >= 15 is 0 Å². The summed E-state index contributed by atoms with van der Waals surface area (Å²) < 4.78 is 27.1. The number of hydrogen-bond acceptors (Lipinski definition) is 5. The number of carbonyl (C=O) groups is 1. The van der Waals surface area contributed by atoms with Crippen molar-refractivity contribution in [2.45, 2.75) is 25.3 Å². The number of nitrogens with zero attached hydrogens (tertiary/aromatic N) is 3. The van der Waals surface area contributed by atoms with Crippen LogP contribution in [0.5, 0.6) is 0 Å². The van der Waals surface area contributed by atoms with Gasteiger partial charge in [0.25, 0.3) is 11.8 Å². The number of aromatic nitrogens is 1. The van der Waals surface area contributed by atoms with E-state index in [2.05, 4.69) is 15.5 Å². The Hall–Kier alpha value is -2.38. The third-order valence-electron chi connectivity index (χ3n) is 3.37. The van der Waals surface area contributed by atoms with Gasteiger partial charge in [-0.05, 0) is 19.1 Å². The third-order valence-corrected chi connectivity index (χ3v) is 3.37. The molecule has 8 heteroatoms. The molecule has 1 fully saturated rings. The smallest absolute Gasteiger partial charge is 0.275 e. The van der Waals surface area contributed by atoms with Crippen molar-refractivity contribution in [1.29, 1.82) is 5.41 Å². The maximum atomic E-state index is 13.5. The van der Waals surface area contributed by atoms with Gasteiger partial charge >= 0.3 is 0 Å². The first-order valence-electron chi connectivity index (χ1n) is 6.39. The average Bonchev–Trinajstić information content (AvgIpc) is 2.74. The molecule has 1 saturated heterocycles. The minimum Gasteiger partial charge on any atom is -0.328 e. The molecule has 21 heavy (non-hydrogen) atoms. The summed E-state index contributed by atoms with van der Waals surface area (Å²) in [7, 11) is 0. The number of carbonyl (C=O) groups excluding carboxylic acids is 1. The number of pyridine rings is 1. The second-order valence-corrected chi connectivity index (χ2v) is 4.64. The van der Waals surface area contributed by atoms with Crippen LogP contribution in [0.1, 0.15) is 23.8 Å². The third kappa shape index (κ3) is 3.04. The highest BCUT2D eigenvalue weighted by atomic mass is 19.3. The predicted molar refractivity (Wildman–Crippen MR) is 75.2 cm³/mol. The van der Waals surface area contributed by atoms with Gasteiger partial charge in [0.15, 0.2) is 5.69 Å². The SMILES string of the molecule is CC1N(C(=O)c2ncccc2N/N=C\C=N)CCC1(F)F. The highest BCUT2D eigenvalue weighted by Crippen LogP contribution is 2.34. The van der Waals surface area contributed by atoms with Crippen molar-refractivity contribution in [3.05, 3.63) is 24.0 Å². The molecule has 0 bridgehead atoms. The minimum absolute atomic E-state index is 0.00716. The van der Waals surface area contributed by atoms with Crippen molar-refractivity contribution in [3.63, 3.8) is 0 Å². The minimum atomic E-state index is -2.88. The first-order chi connectivity index (χ1) is 9.97. The molecule has 1 aromatic heterocycles. The first kappa shape index (κ1) is 15.0. The number of rotatable bonds is 4. The summed E-state index contributed by atoms with van der Waals surface area (Å²) >= 11 is 0. The number of amides is 1. The van der Waals surface area contributed by atoms with Crippen LogP contribution in [0.15, 0.2) is 23.4 Å². The Kier molecular flexibility index (Phi) is 4.25. The van der Waals surface area contributed by atoms with Crippen LogP contribution in [0.25, 0.3) is 0 Å². The molecule has 1 aliphatic rings. The van der Waals surface area contributed by atoms with Gasteiger partial charge in [0.2, 0.25) is 0 Å². The zero-order valence-corrected chi connectivity index (χ0v) is 11.4. The first-order valence-corrected chi connectivity index (χ1v) is 6.39. The Morgan fingerprint density at radius 2 is 2.43 bits per heavy atom. The zero-order valence-electron chi connectivity index (χ0n) is 11.4. The van der Waals surface area contributed by atoms with Gasteiger partial charge in [-0.2, -0.15) is 5.10 Å². The molecule has 1 aromatic rings. The van der Waals surface area contributed by atoms with Crippen LogP contribution >= 0.6 is 0 Å². The molecule has 0 saturated carbocycles. The van der Waals surface area contributed by atoms with E-state index in [1.54, 1.807) is 12.1 Å². The topological polar surface area (TPSA) is 81.4 Å². The second kappa shape index (κ2) is 5.94. The number of likely N-dealkylation sites (tertiary alicyclic amines) is 1. The fraction of sp³-hybridized carbons (Fsp3) is 0.385. The molecule has 2 N–H and O–H groups in total. The van der Waals surface area contributed by atoms with Gasteiger partial charge in [0.1, 0.15) is 0 Å². The number of alkyl halides is 2. The standard InChI is InChI=1S/C13H15F2N5O/c1-9-13(14,15)4-8-20(9)12(21)11-10(3-2-6-17-11)19-18-7-5-16/h2-3,5-7,9,16,19H,4,8H2,1H3/b16-5?,18-7-. The fourth-order valence-corrected chi connectivity index (χ4v) is 2.12. The lowest BCUT2D eigenvalue weighted by Crippen LogP contribution is -2.40. The van der Waals surface area contributed by atoms with Crippen LogP contribution in [-0.2, 0) is 0 Å². The maximum Gasteiger partial charge on any atom is 0.275 e. The Morgan fingerprint density at radius 3 is 3.05 bits per heavy atom. The van der Waals surface area contributed by atoms with Gasteiger partial charge in [-0.25, -0.2) is 13.8 Å². The highest BCUT2D eigenvalue weighted by Gasteiger charge is 2.48. The number of nitrogens with one attached hydrogen (secondary N) is 2. The summed E-state index contributed by atoms with van der Waals surface area (Å²) in [5.74, 6) is -3.44. The average molecular weight is 295 g/mol. The van der Waals surface area contributed by atoms with Crippen LogP contribution in [0.3, 0.4) is 0 Å². The van der Waals surface area contributed by atoms with Crippen molar-refractivity contribution in [2.75, 3.05) is 12.0 Å². The molecule has 1 amide bonds. The van der Waals surface area contributed by atoms with Crippen molar-refractivity contribution in [2.24, 2.45) is 5.10 Å². The van der Waals surface area contributed by atoms with E-state index in [0.29, 0.717) is 5.69 Å². The molecular weight excluding hydrogens is 280 g/mol. The lowest BCUT2D eigenvalue weighted by Gasteiger charge is -2.24. The van der Waals surface area contributed by atoms with Crippen LogP contribution in [0.2, 0.25) is 0 Å². The van der Waals surface area contributed by atoms with Crippen molar-refractivity contribution >= 4 is 24.0 Å². The molecule has 1 atom stereocenters. The number of hydrazone groups is 1. The quantitative estimate of drug-likeness (QED) is 0.658. The lowest BCUT2D eigenvalue weighted by atomic mass is 10.2. The van der Waals surface area contributed by atoms with Crippen LogP contribution in [0.4, 0.5) is 14.5 Å². The van der Waals surface area contributed by atoms with Gasteiger partial charge in [-0.1, -0.05) is 0 Å². The van der Waals surface area contributed by atoms with Crippen LogP contribution in [-0.4, -0.2) is 46.7 Å². The molecule has 0 aromatic carbocycles. The highest BCUT2D eigenvalue weighted by molar-refractivity contribution is 6.14. The number of hydrogen-bond donors (Lipinski definition) is 2. The van der Waals surface area contributed by atoms with Gasteiger partial charge < -0.3 is 10.3 Å². The number of halogens is 2. The molecule has 2 rings (SSSR count). The van der Waals surface area contributed by atoms with E-state index in [1.807, 2.05) is 0 Å². The van der Waals surface area contributed by atoms with E-state index in [1.165, 1.54) is 19.3 Å². The van der Waals surface area contributed by atoms with Gasteiger partial charge in [0.05, 0.1) is 17.9 Å². The van der Waals surface area contributed by atoms with E-state index in [-0.39, 0.29) is 18.7 Å². The Labute approximate surface area is 120 Å². The van der Waals surface area contributed by atoms with Gasteiger partial charge in [-0.15, -0.1) is 0 Å². The molecular formula is C13H15F2N5O. The number of anilines is 1. The molecule has 1 aliphatic heterocycles. The van der Waals surface area contributed by atoms with Gasteiger partial charge in [-0.3, -0.25) is 10.2 Å². The summed E-state index contributed by atoms with van der Waals surface area (Å²) in [6.45, 7) is 1.32. The second-order valence-electron chi connectivity index (χ2n) is 4.64. The Morgan fingerprint density at radius 1 is 1.67 bits per heavy atom. The van der Waals surface area contributed by atoms with E-state index in [4.69, 9.17) is 5.41 Å². The lowest BCUT2D eigenvalue weighted by molar-refractivity contribution is -0.0230. The molecule has 0 radical (unpaired) electrons.